The van der Waals surface area contributed by atoms with Gasteiger partial charge in [0.25, 0.3) is 5.91 Å². The fraction of sp³-hybridized carbons (Fsp3) is 0.571. The highest BCUT2D eigenvalue weighted by Crippen LogP contribution is 2.09. The number of hydrogen-bond donors (Lipinski definition) is 2. The standard InChI is InChI=1S/C14H22N2O3S/c1-4-19-14(18)16-11(8-10(2)3)9-15-13(17)12-6-5-7-20-12/h5-7,10-11H,4,8-9H2,1-3H3,(H,15,17)(H,16,18)/t11-/m1/s1. The smallest absolute Gasteiger partial charge is 0.407 e. The van der Waals surface area contributed by atoms with Crippen molar-refractivity contribution >= 4 is 23.3 Å². The van der Waals surface area contributed by atoms with E-state index in [9.17, 15) is 9.59 Å². The summed E-state index contributed by atoms with van der Waals surface area (Å²) in [4.78, 5) is 24.0. The third-order valence-corrected chi connectivity index (χ3v) is 3.48. The van der Waals surface area contributed by atoms with E-state index in [2.05, 4.69) is 24.5 Å². The van der Waals surface area contributed by atoms with Crippen molar-refractivity contribution in [1.29, 1.82) is 0 Å². The lowest BCUT2D eigenvalue weighted by atomic mass is 10.0. The van der Waals surface area contributed by atoms with Crippen LogP contribution in [0.15, 0.2) is 17.5 Å². The minimum atomic E-state index is -0.441. The molecule has 1 aromatic rings. The third-order valence-electron chi connectivity index (χ3n) is 2.61. The number of carbonyl (C=O) groups is 2. The number of rotatable bonds is 7. The van der Waals surface area contributed by atoms with Crippen molar-refractivity contribution in [1.82, 2.24) is 10.6 Å². The Bertz CT molecular complexity index is 418. The maximum absolute atomic E-state index is 11.9. The van der Waals surface area contributed by atoms with Crippen LogP contribution in [0.25, 0.3) is 0 Å². The molecule has 0 spiro atoms. The molecule has 112 valence electrons. The average molecular weight is 298 g/mol. The lowest BCUT2D eigenvalue weighted by Crippen LogP contribution is -2.44. The summed E-state index contributed by atoms with van der Waals surface area (Å²) < 4.78 is 4.87. The van der Waals surface area contributed by atoms with E-state index in [0.717, 1.165) is 6.42 Å². The van der Waals surface area contributed by atoms with Gasteiger partial charge >= 0.3 is 6.09 Å². The van der Waals surface area contributed by atoms with Crippen LogP contribution in [0.4, 0.5) is 4.79 Å². The van der Waals surface area contributed by atoms with Crippen LogP contribution in [0, 0.1) is 5.92 Å². The maximum atomic E-state index is 11.9. The molecule has 2 amide bonds. The van der Waals surface area contributed by atoms with Gasteiger partial charge in [0.1, 0.15) is 0 Å². The van der Waals surface area contributed by atoms with Gasteiger partial charge in [-0.3, -0.25) is 4.79 Å². The average Bonchev–Trinajstić information content (AvgIpc) is 2.89. The first-order chi connectivity index (χ1) is 9.52. The Balaban J connectivity index is 2.47. The molecule has 20 heavy (non-hydrogen) atoms. The number of carbonyl (C=O) groups excluding carboxylic acids is 2. The second-order valence-electron chi connectivity index (χ2n) is 4.88. The Morgan fingerprint density at radius 1 is 1.40 bits per heavy atom. The molecule has 0 radical (unpaired) electrons. The van der Waals surface area contributed by atoms with Crippen molar-refractivity contribution in [2.45, 2.75) is 33.2 Å². The van der Waals surface area contributed by atoms with Crippen LogP contribution < -0.4 is 10.6 Å². The fourth-order valence-electron chi connectivity index (χ4n) is 1.81. The fourth-order valence-corrected chi connectivity index (χ4v) is 2.45. The van der Waals surface area contributed by atoms with Gasteiger partial charge in [-0.05, 0) is 30.7 Å². The molecule has 0 aliphatic rings. The number of amides is 2. The summed E-state index contributed by atoms with van der Waals surface area (Å²) in [5, 5.41) is 7.48. The predicted octanol–water partition coefficient (Wildman–Crippen LogP) is 2.64. The lowest BCUT2D eigenvalue weighted by Gasteiger charge is -2.20. The molecular weight excluding hydrogens is 276 g/mol. The molecule has 1 atom stereocenters. The summed E-state index contributed by atoms with van der Waals surface area (Å²) in [7, 11) is 0. The SMILES string of the molecule is CCOC(=O)N[C@@H](CNC(=O)c1cccs1)CC(C)C. The van der Waals surface area contributed by atoms with Crippen LogP contribution in [0.1, 0.15) is 36.9 Å². The highest BCUT2D eigenvalue weighted by atomic mass is 32.1. The number of nitrogens with one attached hydrogen (secondary N) is 2. The van der Waals surface area contributed by atoms with Gasteiger partial charge in [-0.1, -0.05) is 19.9 Å². The molecule has 0 saturated carbocycles. The zero-order valence-corrected chi connectivity index (χ0v) is 13.0. The van der Waals surface area contributed by atoms with Gasteiger partial charge in [-0.2, -0.15) is 0 Å². The quantitative estimate of drug-likeness (QED) is 0.813. The minimum Gasteiger partial charge on any atom is -0.450 e. The molecule has 5 nitrogen and oxygen atoms in total. The molecule has 0 saturated heterocycles. The monoisotopic (exact) mass is 298 g/mol. The van der Waals surface area contributed by atoms with Gasteiger partial charge in [0, 0.05) is 12.6 Å². The van der Waals surface area contributed by atoms with Gasteiger partial charge in [0.15, 0.2) is 0 Å². The van der Waals surface area contributed by atoms with E-state index in [4.69, 9.17) is 4.74 Å². The molecule has 0 aliphatic heterocycles. The Morgan fingerprint density at radius 3 is 2.70 bits per heavy atom. The minimum absolute atomic E-state index is 0.112. The first kappa shape index (κ1) is 16.5. The summed E-state index contributed by atoms with van der Waals surface area (Å²) in [6, 6.07) is 3.48. The second kappa shape index (κ2) is 8.58. The van der Waals surface area contributed by atoms with Crippen LogP contribution in [-0.2, 0) is 4.74 Å². The molecule has 1 heterocycles. The zero-order valence-electron chi connectivity index (χ0n) is 12.1. The van der Waals surface area contributed by atoms with E-state index in [1.807, 2.05) is 11.4 Å². The van der Waals surface area contributed by atoms with Crippen molar-refractivity contribution in [2.75, 3.05) is 13.2 Å². The number of ether oxygens (including phenoxy) is 1. The van der Waals surface area contributed by atoms with Crippen LogP contribution in [0.3, 0.4) is 0 Å². The molecule has 0 aliphatic carbocycles. The zero-order chi connectivity index (χ0) is 15.0. The third kappa shape index (κ3) is 6.06. The molecular formula is C14H22N2O3S. The summed E-state index contributed by atoms with van der Waals surface area (Å²) in [5.74, 6) is 0.306. The normalized spacial score (nSPS) is 12.0. The van der Waals surface area contributed by atoms with Crippen molar-refractivity contribution in [3.8, 4) is 0 Å². The Hall–Kier alpha value is -1.56. The molecule has 2 N–H and O–H groups in total. The van der Waals surface area contributed by atoms with Crippen LogP contribution in [0.5, 0.6) is 0 Å². The van der Waals surface area contributed by atoms with Gasteiger partial charge in [0.05, 0.1) is 11.5 Å². The first-order valence-electron chi connectivity index (χ1n) is 6.77. The molecule has 0 aromatic carbocycles. The highest BCUT2D eigenvalue weighted by Gasteiger charge is 2.16. The first-order valence-corrected chi connectivity index (χ1v) is 7.65. The van der Waals surface area contributed by atoms with Gasteiger partial charge in [-0.15, -0.1) is 11.3 Å². The highest BCUT2D eigenvalue weighted by molar-refractivity contribution is 7.12. The Kier molecular flexibility index (Phi) is 7.08. The topological polar surface area (TPSA) is 67.4 Å². The van der Waals surface area contributed by atoms with E-state index in [1.165, 1.54) is 11.3 Å². The van der Waals surface area contributed by atoms with Crippen LogP contribution in [-0.4, -0.2) is 31.2 Å². The van der Waals surface area contributed by atoms with Crippen molar-refractivity contribution < 1.29 is 14.3 Å². The summed E-state index contributed by atoms with van der Waals surface area (Å²) in [5.41, 5.74) is 0. The van der Waals surface area contributed by atoms with E-state index in [1.54, 1.807) is 13.0 Å². The van der Waals surface area contributed by atoms with Crippen LogP contribution in [0.2, 0.25) is 0 Å². The molecule has 0 fully saturated rings. The van der Waals surface area contributed by atoms with Gasteiger partial charge < -0.3 is 15.4 Å². The van der Waals surface area contributed by atoms with Crippen molar-refractivity contribution in [3.05, 3.63) is 22.4 Å². The Labute approximate surface area is 123 Å². The number of hydrogen-bond acceptors (Lipinski definition) is 4. The lowest BCUT2D eigenvalue weighted by molar-refractivity contribution is 0.0948. The summed E-state index contributed by atoms with van der Waals surface area (Å²) in [6.07, 6.45) is 0.340. The molecule has 0 unspecified atom stereocenters. The number of alkyl carbamates (subject to hydrolysis) is 1. The van der Waals surface area contributed by atoms with Crippen molar-refractivity contribution in [2.24, 2.45) is 5.92 Å². The molecule has 1 rings (SSSR count). The van der Waals surface area contributed by atoms with Crippen molar-refractivity contribution in [3.63, 3.8) is 0 Å². The second-order valence-corrected chi connectivity index (χ2v) is 5.83. The molecule has 1 aromatic heterocycles. The maximum Gasteiger partial charge on any atom is 0.407 e. The van der Waals surface area contributed by atoms with Gasteiger partial charge in [0.2, 0.25) is 0 Å². The Morgan fingerprint density at radius 2 is 2.15 bits per heavy atom. The summed E-state index contributed by atoms with van der Waals surface area (Å²) >= 11 is 1.39. The molecule has 0 bridgehead atoms. The van der Waals surface area contributed by atoms with E-state index in [-0.39, 0.29) is 11.9 Å². The van der Waals surface area contributed by atoms with Crippen LogP contribution >= 0.6 is 11.3 Å². The van der Waals surface area contributed by atoms with E-state index < -0.39 is 6.09 Å². The van der Waals surface area contributed by atoms with E-state index in [0.29, 0.717) is 23.9 Å². The largest absolute Gasteiger partial charge is 0.450 e. The predicted molar refractivity (Wildman–Crippen MR) is 80.1 cm³/mol. The number of thiophene rings is 1. The van der Waals surface area contributed by atoms with Gasteiger partial charge in [-0.25, -0.2) is 4.79 Å². The molecule has 6 heteroatoms. The summed E-state index contributed by atoms with van der Waals surface area (Å²) in [6.45, 7) is 6.63. The van der Waals surface area contributed by atoms with E-state index >= 15 is 0 Å².